The molecule has 2 heterocycles. The Labute approximate surface area is 114 Å². The third-order valence-electron chi connectivity index (χ3n) is 2.62. The molecular weight excluding hydrogens is 258 g/mol. The summed E-state index contributed by atoms with van der Waals surface area (Å²) in [5, 5.41) is 5.36. The lowest BCUT2D eigenvalue weighted by atomic mass is 10.3. The third-order valence-corrected chi connectivity index (χ3v) is 3.62. The molecule has 0 atom stereocenters. The molecule has 0 saturated heterocycles. The molecule has 0 aliphatic rings. The van der Waals surface area contributed by atoms with Crippen LogP contribution >= 0.6 is 11.8 Å². The largest absolute Gasteiger partial charge is 0.399 e. The molecule has 0 spiro atoms. The zero-order valence-corrected chi connectivity index (χ0v) is 11.5. The van der Waals surface area contributed by atoms with Crippen LogP contribution in [0.3, 0.4) is 0 Å². The second-order valence-electron chi connectivity index (χ2n) is 4.28. The van der Waals surface area contributed by atoms with E-state index in [2.05, 4.69) is 15.1 Å². The van der Waals surface area contributed by atoms with Crippen LogP contribution in [0.15, 0.2) is 40.3 Å². The van der Waals surface area contributed by atoms with Gasteiger partial charge in [-0.05, 0) is 44.2 Å². The fourth-order valence-corrected chi connectivity index (χ4v) is 2.74. The Balaban J connectivity index is 2.06. The number of nitrogens with zero attached hydrogens (tertiary/aromatic N) is 4. The summed E-state index contributed by atoms with van der Waals surface area (Å²) in [5.74, 6) is 1.35. The first-order valence-corrected chi connectivity index (χ1v) is 6.68. The molecule has 0 aliphatic heterocycles. The van der Waals surface area contributed by atoms with Gasteiger partial charge in [0.05, 0.1) is 0 Å². The molecule has 2 N–H and O–H groups in total. The van der Waals surface area contributed by atoms with E-state index in [1.807, 2.05) is 44.2 Å². The Morgan fingerprint density at radius 1 is 1.11 bits per heavy atom. The lowest BCUT2D eigenvalue weighted by Crippen LogP contribution is -1.97. The van der Waals surface area contributed by atoms with Gasteiger partial charge in [0.1, 0.15) is 10.9 Å². The highest BCUT2D eigenvalue weighted by Crippen LogP contribution is 2.28. The number of anilines is 1. The lowest BCUT2D eigenvalue weighted by Gasteiger charge is -2.05. The van der Waals surface area contributed by atoms with Crippen LogP contribution in [0.25, 0.3) is 5.78 Å². The SMILES string of the molecule is Cc1cc(Sc2ccc(N)cc2)n2nc(C)nc2n1. The zero-order valence-electron chi connectivity index (χ0n) is 10.7. The Morgan fingerprint density at radius 2 is 1.84 bits per heavy atom. The summed E-state index contributed by atoms with van der Waals surface area (Å²) in [6, 6.07) is 9.76. The van der Waals surface area contributed by atoms with Gasteiger partial charge in [0.15, 0.2) is 0 Å². The topological polar surface area (TPSA) is 69.1 Å². The molecule has 5 nitrogen and oxygen atoms in total. The second kappa shape index (κ2) is 4.55. The molecule has 96 valence electrons. The van der Waals surface area contributed by atoms with Gasteiger partial charge in [-0.1, -0.05) is 11.8 Å². The van der Waals surface area contributed by atoms with Crippen molar-refractivity contribution in [3.05, 3.63) is 41.9 Å². The minimum absolute atomic E-state index is 0.635. The molecule has 0 amide bonds. The van der Waals surface area contributed by atoms with Gasteiger partial charge in [-0.25, -0.2) is 4.98 Å². The van der Waals surface area contributed by atoms with Gasteiger partial charge in [-0.2, -0.15) is 9.50 Å². The predicted octanol–water partition coefficient (Wildman–Crippen LogP) is 2.47. The minimum Gasteiger partial charge on any atom is -0.399 e. The van der Waals surface area contributed by atoms with Crippen LogP contribution in [0.1, 0.15) is 11.5 Å². The fourth-order valence-electron chi connectivity index (χ4n) is 1.78. The van der Waals surface area contributed by atoms with Gasteiger partial charge in [-0.15, -0.1) is 5.10 Å². The summed E-state index contributed by atoms with van der Waals surface area (Å²) in [5.41, 5.74) is 7.38. The van der Waals surface area contributed by atoms with Crippen LogP contribution < -0.4 is 5.73 Å². The van der Waals surface area contributed by atoms with Gasteiger partial charge < -0.3 is 5.73 Å². The summed E-state index contributed by atoms with van der Waals surface area (Å²) in [4.78, 5) is 9.77. The smallest absolute Gasteiger partial charge is 0.253 e. The van der Waals surface area contributed by atoms with Crippen LogP contribution in [0, 0.1) is 13.8 Å². The highest BCUT2D eigenvalue weighted by Gasteiger charge is 2.09. The first kappa shape index (κ1) is 12.0. The fraction of sp³-hybridized carbons (Fsp3) is 0.154. The van der Waals surface area contributed by atoms with E-state index in [0.717, 1.165) is 27.1 Å². The molecule has 0 aliphatic carbocycles. The van der Waals surface area contributed by atoms with Crippen molar-refractivity contribution in [3.63, 3.8) is 0 Å². The maximum Gasteiger partial charge on any atom is 0.253 e. The maximum absolute atomic E-state index is 5.69. The van der Waals surface area contributed by atoms with Crippen LogP contribution in [-0.2, 0) is 0 Å². The van der Waals surface area contributed by atoms with Crippen LogP contribution in [0.5, 0.6) is 0 Å². The number of hydrogen-bond donors (Lipinski definition) is 1. The number of nitrogens with two attached hydrogens (primary N) is 1. The molecule has 0 saturated carbocycles. The normalized spacial score (nSPS) is 11.1. The average molecular weight is 271 g/mol. The molecule has 2 aromatic heterocycles. The van der Waals surface area contributed by atoms with Gasteiger partial charge >= 0.3 is 0 Å². The summed E-state index contributed by atoms with van der Waals surface area (Å²) >= 11 is 1.62. The summed E-state index contributed by atoms with van der Waals surface area (Å²) in [6.07, 6.45) is 0. The minimum atomic E-state index is 0.635. The molecule has 6 heteroatoms. The third kappa shape index (κ3) is 2.39. The lowest BCUT2D eigenvalue weighted by molar-refractivity contribution is 0.821. The quantitative estimate of drug-likeness (QED) is 0.573. The van der Waals surface area contributed by atoms with E-state index in [1.165, 1.54) is 0 Å². The number of aromatic nitrogens is 4. The van der Waals surface area contributed by atoms with E-state index in [9.17, 15) is 0 Å². The number of aryl methyl sites for hydroxylation is 2. The van der Waals surface area contributed by atoms with E-state index in [1.54, 1.807) is 16.3 Å². The second-order valence-corrected chi connectivity index (χ2v) is 5.37. The van der Waals surface area contributed by atoms with Crippen molar-refractivity contribution in [2.24, 2.45) is 0 Å². The van der Waals surface area contributed by atoms with Crippen molar-refractivity contribution in [2.75, 3.05) is 5.73 Å². The van der Waals surface area contributed by atoms with Crippen LogP contribution in [0.2, 0.25) is 0 Å². The van der Waals surface area contributed by atoms with E-state index >= 15 is 0 Å². The molecular formula is C13H13N5S. The number of rotatable bonds is 2. The van der Waals surface area contributed by atoms with Crippen LogP contribution in [0.4, 0.5) is 5.69 Å². The van der Waals surface area contributed by atoms with E-state index in [-0.39, 0.29) is 0 Å². The molecule has 3 rings (SSSR count). The Hall–Kier alpha value is -2.08. The molecule has 0 fully saturated rings. The number of benzene rings is 1. The van der Waals surface area contributed by atoms with Crippen molar-refractivity contribution in [3.8, 4) is 0 Å². The van der Waals surface area contributed by atoms with Crippen LogP contribution in [-0.4, -0.2) is 19.6 Å². The molecule has 0 radical (unpaired) electrons. The van der Waals surface area contributed by atoms with Crippen molar-refractivity contribution in [1.29, 1.82) is 0 Å². The van der Waals surface area contributed by atoms with Crippen molar-refractivity contribution >= 4 is 23.2 Å². The van der Waals surface area contributed by atoms with Crippen molar-refractivity contribution in [1.82, 2.24) is 19.6 Å². The highest BCUT2D eigenvalue weighted by atomic mass is 32.2. The van der Waals surface area contributed by atoms with Crippen molar-refractivity contribution < 1.29 is 0 Å². The zero-order chi connectivity index (χ0) is 13.4. The predicted molar refractivity (Wildman–Crippen MR) is 75.2 cm³/mol. The maximum atomic E-state index is 5.69. The summed E-state index contributed by atoms with van der Waals surface area (Å²) in [7, 11) is 0. The molecule has 0 bridgehead atoms. The van der Waals surface area contributed by atoms with Gasteiger partial charge in [0.2, 0.25) is 0 Å². The van der Waals surface area contributed by atoms with E-state index in [4.69, 9.17) is 5.73 Å². The van der Waals surface area contributed by atoms with Crippen molar-refractivity contribution in [2.45, 2.75) is 23.8 Å². The average Bonchev–Trinajstić information content (AvgIpc) is 2.72. The molecule has 1 aromatic carbocycles. The van der Waals surface area contributed by atoms with E-state index < -0.39 is 0 Å². The molecule has 0 unspecified atom stereocenters. The Bertz CT molecular complexity index is 733. The molecule has 3 aromatic rings. The number of nitrogen functional groups attached to an aromatic ring is 1. The first-order chi connectivity index (χ1) is 9.11. The Kier molecular flexibility index (Phi) is 2.87. The monoisotopic (exact) mass is 271 g/mol. The standard InChI is InChI=1S/C13H13N5S/c1-8-7-12(18-13(15-8)16-9(2)17-18)19-11-5-3-10(14)4-6-11/h3-7H,14H2,1-2H3. The van der Waals surface area contributed by atoms with E-state index in [0.29, 0.717) is 5.78 Å². The first-order valence-electron chi connectivity index (χ1n) is 5.86. The summed E-state index contributed by atoms with van der Waals surface area (Å²) in [6.45, 7) is 3.82. The van der Waals surface area contributed by atoms with Gasteiger partial charge in [0.25, 0.3) is 5.78 Å². The van der Waals surface area contributed by atoms with Gasteiger partial charge in [-0.3, -0.25) is 0 Å². The van der Waals surface area contributed by atoms with Gasteiger partial charge in [0, 0.05) is 16.3 Å². The summed E-state index contributed by atoms with van der Waals surface area (Å²) < 4.78 is 1.77. The number of hydrogen-bond acceptors (Lipinski definition) is 5. The molecule has 19 heavy (non-hydrogen) atoms. The highest BCUT2D eigenvalue weighted by molar-refractivity contribution is 7.99. The Morgan fingerprint density at radius 3 is 2.58 bits per heavy atom. The number of fused-ring (bicyclic) bond motifs is 1.